The van der Waals surface area contributed by atoms with Gasteiger partial charge in [0.25, 0.3) is 0 Å². The molecule has 2 rings (SSSR count). The van der Waals surface area contributed by atoms with Crippen LogP contribution in [0.15, 0.2) is 6.20 Å². The zero-order valence-corrected chi connectivity index (χ0v) is 12.0. The van der Waals surface area contributed by atoms with E-state index in [1.54, 1.807) is 0 Å². The van der Waals surface area contributed by atoms with Crippen molar-refractivity contribution in [1.29, 1.82) is 0 Å². The third-order valence-electron chi connectivity index (χ3n) is 4.51. The molecular formula is C16H22N+. The van der Waals surface area contributed by atoms with E-state index in [2.05, 4.69) is 59.4 Å². The molecule has 0 bridgehead atoms. The Morgan fingerprint density at radius 3 is 1.82 bits per heavy atom. The van der Waals surface area contributed by atoms with Gasteiger partial charge in [-0.1, -0.05) is 0 Å². The maximum absolute atomic E-state index is 2.27. The summed E-state index contributed by atoms with van der Waals surface area (Å²) < 4.78 is 2.24. The van der Waals surface area contributed by atoms with E-state index < -0.39 is 0 Å². The van der Waals surface area contributed by atoms with Crippen molar-refractivity contribution in [3.8, 4) is 0 Å². The van der Waals surface area contributed by atoms with E-state index in [0.717, 1.165) is 0 Å². The Labute approximate surface area is 104 Å². The second-order valence-electron chi connectivity index (χ2n) is 5.24. The standard InChI is InChI=1S/C16H22N/c1-9-10(2)12(4)16-13(5)14(6)17(7)8-15(16)11(9)3/h8H,1-7H3/q+1. The summed E-state index contributed by atoms with van der Waals surface area (Å²) in [6.45, 7) is 13.4. The molecule has 0 amide bonds. The summed E-state index contributed by atoms with van der Waals surface area (Å²) in [7, 11) is 2.13. The molecule has 0 aliphatic rings. The van der Waals surface area contributed by atoms with E-state index in [1.807, 2.05) is 0 Å². The van der Waals surface area contributed by atoms with Gasteiger partial charge in [0.1, 0.15) is 7.05 Å². The van der Waals surface area contributed by atoms with Crippen molar-refractivity contribution in [2.45, 2.75) is 41.5 Å². The summed E-state index contributed by atoms with van der Waals surface area (Å²) >= 11 is 0. The molecule has 1 aromatic heterocycles. The van der Waals surface area contributed by atoms with Crippen LogP contribution in [0.25, 0.3) is 10.8 Å². The lowest BCUT2D eigenvalue weighted by Gasteiger charge is -2.15. The van der Waals surface area contributed by atoms with Gasteiger partial charge in [-0.05, 0) is 56.9 Å². The summed E-state index contributed by atoms with van der Waals surface area (Å²) in [5.41, 5.74) is 8.48. The van der Waals surface area contributed by atoms with Crippen molar-refractivity contribution < 1.29 is 4.57 Å². The lowest BCUT2D eigenvalue weighted by atomic mass is 9.90. The highest BCUT2D eigenvalue weighted by molar-refractivity contribution is 5.92. The molecule has 1 nitrogen and oxygen atoms in total. The number of aryl methyl sites for hydroxylation is 4. The first-order chi connectivity index (χ1) is 7.86. The van der Waals surface area contributed by atoms with Crippen LogP contribution in [0.4, 0.5) is 0 Å². The molecule has 0 unspecified atom stereocenters. The topological polar surface area (TPSA) is 3.88 Å². The zero-order chi connectivity index (χ0) is 12.9. The number of benzene rings is 1. The molecule has 0 N–H and O–H groups in total. The smallest absolute Gasteiger partial charge is 0.181 e. The molecule has 0 atom stereocenters. The molecular weight excluding hydrogens is 206 g/mol. The van der Waals surface area contributed by atoms with Crippen LogP contribution < -0.4 is 4.57 Å². The zero-order valence-electron chi connectivity index (χ0n) is 12.0. The number of aromatic nitrogens is 1. The predicted octanol–water partition coefficient (Wildman–Crippen LogP) is 3.51. The third-order valence-corrected chi connectivity index (χ3v) is 4.51. The van der Waals surface area contributed by atoms with E-state index in [-0.39, 0.29) is 0 Å². The number of hydrogen-bond donors (Lipinski definition) is 0. The maximum atomic E-state index is 2.27. The summed E-state index contributed by atoms with van der Waals surface area (Å²) in [4.78, 5) is 0. The van der Waals surface area contributed by atoms with Gasteiger partial charge in [0.15, 0.2) is 11.9 Å². The van der Waals surface area contributed by atoms with E-state index in [1.165, 1.54) is 44.3 Å². The largest absolute Gasteiger partial charge is 0.205 e. The first-order valence-electron chi connectivity index (χ1n) is 6.22. The fraction of sp³-hybridized carbons (Fsp3) is 0.438. The van der Waals surface area contributed by atoms with Gasteiger partial charge >= 0.3 is 0 Å². The molecule has 2 aromatic rings. The fourth-order valence-corrected chi connectivity index (χ4v) is 2.72. The Kier molecular flexibility index (Phi) is 2.73. The monoisotopic (exact) mass is 228 g/mol. The van der Waals surface area contributed by atoms with Crippen molar-refractivity contribution in [2.24, 2.45) is 7.05 Å². The Hall–Kier alpha value is -1.37. The average Bonchev–Trinajstić information content (AvgIpc) is 2.30. The van der Waals surface area contributed by atoms with Crippen LogP contribution >= 0.6 is 0 Å². The lowest BCUT2D eigenvalue weighted by Crippen LogP contribution is -2.32. The highest BCUT2D eigenvalue weighted by Crippen LogP contribution is 2.30. The Morgan fingerprint density at radius 2 is 1.24 bits per heavy atom. The SMILES string of the molecule is Cc1c(C)c(C)c2c(C)c(C)[n+](C)cc2c1C. The van der Waals surface area contributed by atoms with Crippen LogP contribution in [0.1, 0.15) is 33.5 Å². The minimum atomic E-state index is 1.35. The molecule has 17 heavy (non-hydrogen) atoms. The van der Waals surface area contributed by atoms with Crippen molar-refractivity contribution in [3.63, 3.8) is 0 Å². The Bertz CT molecular complexity index is 613. The van der Waals surface area contributed by atoms with Crippen LogP contribution in [-0.4, -0.2) is 0 Å². The van der Waals surface area contributed by atoms with Crippen LogP contribution in [0, 0.1) is 41.5 Å². The Morgan fingerprint density at radius 1 is 0.706 bits per heavy atom. The van der Waals surface area contributed by atoms with Gasteiger partial charge in [-0.25, -0.2) is 4.57 Å². The molecule has 1 heterocycles. The van der Waals surface area contributed by atoms with Gasteiger partial charge in [-0.2, -0.15) is 0 Å². The first-order valence-corrected chi connectivity index (χ1v) is 6.22. The molecule has 0 aliphatic carbocycles. The van der Waals surface area contributed by atoms with Gasteiger partial charge in [0.2, 0.25) is 0 Å². The Balaban J connectivity index is 3.12. The van der Waals surface area contributed by atoms with Crippen molar-refractivity contribution in [3.05, 3.63) is 39.7 Å². The number of hydrogen-bond acceptors (Lipinski definition) is 0. The molecule has 1 aromatic carbocycles. The maximum Gasteiger partial charge on any atom is 0.181 e. The normalized spacial score (nSPS) is 11.2. The summed E-state index contributed by atoms with van der Waals surface area (Å²) in [5, 5.41) is 2.84. The first kappa shape index (κ1) is 12.1. The summed E-state index contributed by atoms with van der Waals surface area (Å²) in [5.74, 6) is 0. The molecule has 90 valence electrons. The lowest BCUT2D eigenvalue weighted by molar-refractivity contribution is -0.676. The quantitative estimate of drug-likeness (QED) is 0.607. The minimum Gasteiger partial charge on any atom is -0.205 e. The molecule has 0 saturated carbocycles. The fourth-order valence-electron chi connectivity index (χ4n) is 2.72. The van der Waals surface area contributed by atoms with E-state index in [9.17, 15) is 0 Å². The molecule has 0 spiro atoms. The number of rotatable bonds is 0. The second-order valence-corrected chi connectivity index (χ2v) is 5.24. The van der Waals surface area contributed by atoms with Crippen molar-refractivity contribution in [1.82, 2.24) is 0 Å². The average molecular weight is 228 g/mol. The van der Waals surface area contributed by atoms with Crippen LogP contribution in [-0.2, 0) is 7.05 Å². The van der Waals surface area contributed by atoms with E-state index in [0.29, 0.717) is 0 Å². The molecule has 1 heteroatoms. The molecule has 0 saturated heterocycles. The number of fused-ring (bicyclic) bond motifs is 1. The molecule has 0 fully saturated rings. The molecule has 0 radical (unpaired) electrons. The van der Waals surface area contributed by atoms with Crippen LogP contribution in [0.2, 0.25) is 0 Å². The van der Waals surface area contributed by atoms with Crippen LogP contribution in [0.5, 0.6) is 0 Å². The van der Waals surface area contributed by atoms with Gasteiger partial charge < -0.3 is 0 Å². The van der Waals surface area contributed by atoms with Crippen LogP contribution in [0.3, 0.4) is 0 Å². The highest BCUT2D eigenvalue weighted by Gasteiger charge is 2.17. The number of pyridine rings is 1. The summed E-state index contributed by atoms with van der Waals surface area (Å²) in [6.07, 6.45) is 2.27. The predicted molar refractivity (Wildman–Crippen MR) is 73.5 cm³/mol. The van der Waals surface area contributed by atoms with Gasteiger partial charge in [-0.15, -0.1) is 0 Å². The van der Waals surface area contributed by atoms with E-state index >= 15 is 0 Å². The molecule has 0 aliphatic heterocycles. The van der Waals surface area contributed by atoms with Gasteiger partial charge in [-0.3, -0.25) is 0 Å². The van der Waals surface area contributed by atoms with Gasteiger partial charge in [0.05, 0.1) is 0 Å². The highest BCUT2D eigenvalue weighted by atomic mass is 14.9. The van der Waals surface area contributed by atoms with Crippen molar-refractivity contribution in [2.75, 3.05) is 0 Å². The number of nitrogens with zero attached hydrogens (tertiary/aromatic N) is 1. The van der Waals surface area contributed by atoms with E-state index in [4.69, 9.17) is 0 Å². The summed E-state index contributed by atoms with van der Waals surface area (Å²) in [6, 6.07) is 0. The van der Waals surface area contributed by atoms with Crippen molar-refractivity contribution >= 4 is 10.8 Å². The minimum absolute atomic E-state index is 1.35. The van der Waals surface area contributed by atoms with Gasteiger partial charge in [0, 0.05) is 23.3 Å². The second kappa shape index (κ2) is 3.83. The third kappa shape index (κ3) is 1.56.